The molecule has 0 atom stereocenters. The van der Waals surface area contributed by atoms with Crippen molar-refractivity contribution >= 4 is 64.3 Å². The first-order valence-electron chi connectivity index (χ1n) is 4.90. The molecule has 1 heterocycles. The summed E-state index contributed by atoms with van der Waals surface area (Å²) in [6, 6.07) is 3.18. The van der Waals surface area contributed by atoms with Crippen molar-refractivity contribution < 1.29 is 4.79 Å². The maximum absolute atomic E-state index is 10.6. The van der Waals surface area contributed by atoms with E-state index < -0.39 is 0 Å². The van der Waals surface area contributed by atoms with E-state index in [1.165, 1.54) is 6.20 Å². The van der Waals surface area contributed by atoms with Gasteiger partial charge < -0.3 is 0 Å². The molecule has 19 heavy (non-hydrogen) atoms. The van der Waals surface area contributed by atoms with Crippen LogP contribution in [0.2, 0.25) is 25.1 Å². The highest BCUT2D eigenvalue weighted by Crippen LogP contribution is 2.47. The van der Waals surface area contributed by atoms with Gasteiger partial charge >= 0.3 is 0 Å². The van der Waals surface area contributed by atoms with Crippen LogP contribution in [0.5, 0.6) is 0 Å². The summed E-state index contributed by atoms with van der Waals surface area (Å²) < 4.78 is 0. The Labute approximate surface area is 134 Å². The number of carbonyl (C=O) groups excluding carboxylic acids is 1. The molecule has 0 spiro atoms. The number of nitrogens with zero attached hydrogens (tertiary/aromatic N) is 1. The van der Waals surface area contributed by atoms with Crippen LogP contribution in [0.3, 0.4) is 0 Å². The zero-order valence-electron chi connectivity index (χ0n) is 9.05. The highest BCUT2D eigenvalue weighted by Gasteiger charge is 2.21. The standard InChI is InChI=1S/C12H4Cl5NO/c13-8-7(6-2-1-5(4-19)3-18-6)9(14)11(16)12(17)10(8)15/h1-4H. The van der Waals surface area contributed by atoms with Gasteiger partial charge in [-0.2, -0.15) is 0 Å². The maximum atomic E-state index is 10.6. The lowest BCUT2D eigenvalue weighted by Gasteiger charge is -2.11. The van der Waals surface area contributed by atoms with Crippen LogP contribution in [-0.4, -0.2) is 11.3 Å². The number of halogens is 5. The van der Waals surface area contributed by atoms with Gasteiger partial charge in [0.15, 0.2) is 6.29 Å². The summed E-state index contributed by atoms with van der Waals surface area (Å²) in [6.07, 6.45) is 2.08. The maximum Gasteiger partial charge on any atom is 0.151 e. The third kappa shape index (κ3) is 2.69. The molecule has 2 aromatic rings. The molecule has 2 nitrogen and oxygen atoms in total. The lowest BCUT2D eigenvalue weighted by atomic mass is 10.1. The van der Waals surface area contributed by atoms with E-state index in [1.807, 2.05) is 0 Å². The number of aldehydes is 1. The van der Waals surface area contributed by atoms with Crippen LogP contribution in [0, 0.1) is 0 Å². The molecule has 0 saturated heterocycles. The normalized spacial score (nSPS) is 10.6. The number of benzene rings is 1. The summed E-state index contributed by atoms with van der Waals surface area (Å²) in [6.45, 7) is 0. The van der Waals surface area contributed by atoms with Crippen LogP contribution in [0.4, 0.5) is 0 Å². The highest BCUT2D eigenvalue weighted by molar-refractivity contribution is 6.56. The van der Waals surface area contributed by atoms with Crippen molar-refractivity contribution in [1.82, 2.24) is 4.98 Å². The van der Waals surface area contributed by atoms with Crippen molar-refractivity contribution in [3.05, 3.63) is 49.0 Å². The van der Waals surface area contributed by atoms with Crippen molar-refractivity contribution in [1.29, 1.82) is 0 Å². The van der Waals surface area contributed by atoms with E-state index in [0.717, 1.165) is 0 Å². The van der Waals surface area contributed by atoms with Crippen LogP contribution < -0.4 is 0 Å². The number of carbonyl (C=O) groups is 1. The van der Waals surface area contributed by atoms with Crippen LogP contribution in [-0.2, 0) is 0 Å². The van der Waals surface area contributed by atoms with Crippen LogP contribution in [0.1, 0.15) is 10.4 Å². The fourth-order valence-electron chi connectivity index (χ4n) is 1.45. The van der Waals surface area contributed by atoms with Gasteiger partial charge in [-0.25, -0.2) is 0 Å². The van der Waals surface area contributed by atoms with Crippen molar-refractivity contribution in [2.75, 3.05) is 0 Å². The topological polar surface area (TPSA) is 30.0 Å². The molecule has 0 radical (unpaired) electrons. The summed E-state index contributed by atoms with van der Waals surface area (Å²) in [5.41, 5.74) is 1.25. The van der Waals surface area contributed by atoms with Gasteiger partial charge in [0.1, 0.15) is 0 Å². The quantitative estimate of drug-likeness (QED) is 0.385. The monoisotopic (exact) mass is 353 g/mol. The van der Waals surface area contributed by atoms with Crippen molar-refractivity contribution in [3.8, 4) is 11.3 Å². The Morgan fingerprint density at radius 1 is 0.842 bits per heavy atom. The lowest BCUT2D eigenvalue weighted by molar-refractivity contribution is 0.112. The third-order valence-corrected chi connectivity index (χ3v) is 4.67. The SMILES string of the molecule is O=Cc1ccc(-c2c(Cl)c(Cl)c(Cl)c(Cl)c2Cl)nc1. The zero-order chi connectivity index (χ0) is 14.2. The van der Waals surface area contributed by atoms with E-state index >= 15 is 0 Å². The number of hydrogen-bond donors (Lipinski definition) is 0. The molecule has 0 bridgehead atoms. The smallest absolute Gasteiger partial charge is 0.151 e. The van der Waals surface area contributed by atoms with E-state index in [9.17, 15) is 4.79 Å². The van der Waals surface area contributed by atoms with Gasteiger partial charge in [-0.1, -0.05) is 58.0 Å². The minimum absolute atomic E-state index is 0.0894. The summed E-state index contributed by atoms with van der Waals surface area (Å²) in [4.78, 5) is 14.7. The Balaban J connectivity index is 2.71. The van der Waals surface area contributed by atoms with Gasteiger partial charge in [0.05, 0.1) is 30.8 Å². The van der Waals surface area contributed by atoms with Gasteiger partial charge in [0, 0.05) is 17.3 Å². The van der Waals surface area contributed by atoms with Gasteiger partial charge in [0.25, 0.3) is 0 Å². The molecule has 0 unspecified atom stereocenters. The molecule has 1 aromatic carbocycles. The minimum atomic E-state index is 0.0894. The predicted molar refractivity (Wildman–Crippen MR) is 80.1 cm³/mol. The van der Waals surface area contributed by atoms with Crippen molar-refractivity contribution in [2.24, 2.45) is 0 Å². The zero-order valence-corrected chi connectivity index (χ0v) is 12.8. The average Bonchev–Trinajstić information content (AvgIpc) is 2.44. The minimum Gasteiger partial charge on any atom is -0.298 e. The molecule has 1 aromatic heterocycles. The average molecular weight is 355 g/mol. The van der Waals surface area contributed by atoms with Gasteiger partial charge in [-0.3, -0.25) is 9.78 Å². The predicted octanol–water partition coefficient (Wildman–Crippen LogP) is 5.83. The van der Waals surface area contributed by atoms with E-state index in [2.05, 4.69) is 4.98 Å². The van der Waals surface area contributed by atoms with E-state index in [0.29, 0.717) is 23.1 Å². The molecule has 2 rings (SSSR count). The van der Waals surface area contributed by atoms with Crippen molar-refractivity contribution in [2.45, 2.75) is 0 Å². The molecule has 0 aliphatic heterocycles. The second-order valence-corrected chi connectivity index (χ2v) is 5.43. The fourth-order valence-corrected chi connectivity index (χ4v) is 2.78. The molecular weight excluding hydrogens is 351 g/mol. The molecule has 0 N–H and O–H groups in total. The second-order valence-electron chi connectivity index (χ2n) is 3.54. The Hall–Kier alpha value is -0.510. The fraction of sp³-hybridized carbons (Fsp3) is 0. The Morgan fingerprint density at radius 2 is 1.37 bits per heavy atom. The highest BCUT2D eigenvalue weighted by atomic mass is 35.5. The molecule has 0 aliphatic rings. The Kier molecular flexibility index (Phi) is 4.59. The largest absolute Gasteiger partial charge is 0.298 e. The summed E-state index contributed by atoms with van der Waals surface area (Å²) >= 11 is 30.1. The van der Waals surface area contributed by atoms with E-state index in [1.54, 1.807) is 12.1 Å². The van der Waals surface area contributed by atoms with Gasteiger partial charge in [-0.15, -0.1) is 0 Å². The number of rotatable bonds is 2. The number of hydrogen-bond acceptors (Lipinski definition) is 2. The van der Waals surface area contributed by atoms with Crippen molar-refractivity contribution in [3.63, 3.8) is 0 Å². The second kappa shape index (κ2) is 5.86. The molecule has 7 heteroatoms. The first kappa shape index (κ1) is 14.9. The summed E-state index contributed by atoms with van der Waals surface area (Å²) in [5, 5.41) is 0.620. The van der Waals surface area contributed by atoms with E-state index in [-0.39, 0.29) is 25.1 Å². The molecular formula is C12H4Cl5NO. The molecule has 0 aliphatic carbocycles. The third-order valence-electron chi connectivity index (χ3n) is 2.39. The summed E-state index contributed by atoms with van der Waals surface area (Å²) in [5.74, 6) is 0. The first-order valence-corrected chi connectivity index (χ1v) is 6.79. The Morgan fingerprint density at radius 3 is 1.79 bits per heavy atom. The molecule has 0 saturated carbocycles. The number of aromatic nitrogens is 1. The van der Waals surface area contributed by atoms with Crippen LogP contribution >= 0.6 is 58.0 Å². The Bertz CT molecular complexity index is 625. The summed E-state index contributed by atoms with van der Waals surface area (Å²) in [7, 11) is 0. The molecule has 0 amide bonds. The van der Waals surface area contributed by atoms with Crippen LogP contribution in [0.25, 0.3) is 11.3 Å². The van der Waals surface area contributed by atoms with E-state index in [4.69, 9.17) is 58.0 Å². The number of pyridine rings is 1. The molecule has 0 fully saturated rings. The van der Waals surface area contributed by atoms with Gasteiger partial charge in [-0.05, 0) is 12.1 Å². The lowest BCUT2D eigenvalue weighted by Crippen LogP contribution is -1.91. The first-order chi connectivity index (χ1) is 8.97. The molecule has 98 valence electrons. The van der Waals surface area contributed by atoms with Crippen LogP contribution in [0.15, 0.2) is 18.3 Å². The van der Waals surface area contributed by atoms with Gasteiger partial charge in [0.2, 0.25) is 0 Å².